The molecule has 1 heterocycles. The zero-order valence-electron chi connectivity index (χ0n) is 16.6. The number of benzene rings is 2. The van der Waals surface area contributed by atoms with Gasteiger partial charge in [0.1, 0.15) is 11.6 Å². The summed E-state index contributed by atoms with van der Waals surface area (Å²) in [6.45, 7) is 5.45. The molecular weight excluding hydrogens is 366 g/mol. The number of hydrogen-bond donors (Lipinski definition) is 2. The number of rotatable bonds is 7. The number of ketones is 1. The summed E-state index contributed by atoms with van der Waals surface area (Å²) >= 11 is 0. The summed E-state index contributed by atoms with van der Waals surface area (Å²) in [4.78, 5) is 28.2. The minimum atomic E-state index is -0.236. The molecule has 6 heteroatoms. The van der Waals surface area contributed by atoms with Gasteiger partial charge in [0.15, 0.2) is 5.78 Å². The summed E-state index contributed by atoms with van der Waals surface area (Å²) in [5, 5.41) is 6.00. The molecule has 0 saturated heterocycles. The Bertz CT molecular complexity index is 997. The van der Waals surface area contributed by atoms with Crippen LogP contribution in [-0.2, 0) is 0 Å². The average molecular weight is 389 g/mol. The third-order valence-corrected chi connectivity index (χ3v) is 4.07. The Hall–Kier alpha value is -3.67. The normalized spacial score (nSPS) is 10.5. The smallest absolute Gasteiger partial charge is 0.255 e. The van der Waals surface area contributed by atoms with Gasteiger partial charge in [-0.25, -0.2) is 4.98 Å². The fourth-order valence-electron chi connectivity index (χ4n) is 2.67. The van der Waals surface area contributed by atoms with Crippen LogP contribution in [0.1, 0.15) is 41.5 Å². The van der Waals surface area contributed by atoms with E-state index in [0.717, 1.165) is 11.4 Å². The van der Waals surface area contributed by atoms with Gasteiger partial charge in [-0.1, -0.05) is 0 Å². The lowest BCUT2D eigenvalue weighted by molar-refractivity contribution is 0.101. The monoisotopic (exact) mass is 389 g/mol. The van der Waals surface area contributed by atoms with Gasteiger partial charge in [-0.2, -0.15) is 0 Å². The van der Waals surface area contributed by atoms with E-state index >= 15 is 0 Å². The highest BCUT2D eigenvalue weighted by Crippen LogP contribution is 2.19. The lowest BCUT2D eigenvalue weighted by Crippen LogP contribution is -2.12. The Morgan fingerprint density at radius 3 is 2.17 bits per heavy atom. The Morgan fingerprint density at radius 1 is 0.897 bits per heavy atom. The Balaban J connectivity index is 1.66. The molecule has 0 fully saturated rings. The van der Waals surface area contributed by atoms with Crippen LogP contribution in [0.15, 0.2) is 66.9 Å². The van der Waals surface area contributed by atoms with Crippen molar-refractivity contribution < 1.29 is 14.3 Å². The van der Waals surface area contributed by atoms with E-state index in [2.05, 4.69) is 15.6 Å². The average Bonchev–Trinajstić information content (AvgIpc) is 2.70. The van der Waals surface area contributed by atoms with Crippen LogP contribution in [-0.4, -0.2) is 22.8 Å². The summed E-state index contributed by atoms with van der Waals surface area (Å²) in [6.07, 6.45) is 1.66. The lowest BCUT2D eigenvalue weighted by Gasteiger charge is -2.11. The van der Waals surface area contributed by atoms with Crippen molar-refractivity contribution in [1.82, 2.24) is 4.98 Å². The van der Waals surface area contributed by atoms with E-state index in [1.807, 2.05) is 26.0 Å². The van der Waals surface area contributed by atoms with E-state index < -0.39 is 0 Å². The number of aromatic nitrogens is 1. The second-order valence-electron chi connectivity index (χ2n) is 6.83. The number of nitrogens with zero attached hydrogens (tertiary/aromatic N) is 1. The number of Topliss-reactive ketones (excluding diaryl/α,β-unsaturated/α-hetero) is 1. The van der Waals surface area contributed by atoms with Crippen LogP contribution < -0.4 is 15.4 Å². The maximum atomic E-state index is 12.6. The van der Waals surface area contributed by atoms with Crippen molar-refractivity contribution in [2.75, 3.05) is 10.6 Å². The Kier molecular flexibility index (Phi) is 6.24. The third kappa shape index (κ3) is 5.65. The fourth-order valence-corrected chi connectivity index (χ4v) is 2.67. The maximum absolute atomic E-state index is 12.6. The second kappa shape index (κ2) is 9.01. The van der Waals surface area contributed by atoms with Gasteiger partial charge < -0.3 is 15.4 Å². The third-order valence-electron chi connectivity index (χ3n) is 4.07. The largest absolute Gasteiger partial charge is 0.491 e. The standard InChI is InChI=1S/C23H23N3O3/c1-15(2)29-21-10-8-20(9-11-21)26-23(28)18-12-13-24-22(14-18)25-19-6-4-17(5-7-19)16(3)27/h4-15H,1-3H3,(H,24,25)(H,26,28). The first-order valence-electron chi connectivity index (χ1n) is 9.33. The fraction of sp³-hybridized carbons (Fsp3) is 0.174. The molecule has 0 aliphatic rings. The summed E-state index contributed by atoms with van der Waals surface area (Å²) < 4.78 is 5.60. The molecule has 0 aliphatic heterocycles. The van der Waals surface area contributed by atoms with Crippen LogP contribution in [0.2, 0.25) is 0 Å². The number of hydrogen-bond acceptors (Lipinski definition) is 5. The van der Waals surface area contributed by atoms with Crippen LogP contribution in [0.5, 0.6) is 5.75 Å². The zero-order chi connectivity index (χ0) is 20.8. The summed E-state index contributed by atoms with van der Waals surface area (Å²) in [6, 6.07) is 17.6. The van der Waals surface area contributed by atoms with Gasteiger partial charge in [-0.15, -0.1) is 0 Å². The van der Waals surface area contributed by atoms with Crippen molar-refractivity contribution in [1.29, 1.82) is 0 Å². The minimum absolute atomic E-state index is 0.0112. The van der Waals surface area contributed by atoms with Crippen molar-refractivity contribution >= 4 is 28.9 Å². The molecule has 6 nitrogen and oxygen atoms in total. The van der Waals surface area contributed by atoms with E-state index in [1.165, 1.54) is 6.92 Å². The van der Waals surface area contributed by atoms with Crippen LogP contribution in [0, 0.1) is 0 Å². The molecule has 1 amide bonds. The molecule has 0 aliphatic carbocycles. The molecule has 3 rings (SSSR count). The molecule has 29 heavy (non-hydrogen) atoms. The lowest BCUT2D eigenvalue weighted by atomic mass is 10.1. The van der Waals surface area contributed by atoms with E-state index in [-0.39, 0.29) is 17.8 Å². The number of nitrogens with one attached hydrogen (secondary N) is 2. The summed E-state index contributed by atoms with van der Waals surface area (Å²) in [5.74, 6) is 1.06. The summed E-state index contributed by atoms with van der Waals surface area (Å²) in [7, 11) is 0. The quantitative estimate of drug-likeness (QED) is 0.552. The topological polar surface area (TPSA) is 80.3 Å². The molecule has 0 atom stereocenters. The molecule has 0 saturated carbocycles. The molecule has 0 spiro atoms. The predicted molar refractivity (Wildman–Crippen MR) is 114 cm³/mol. The SMILES string of the molecule is CC(=O)c1ccc(Nc2cc(C(=O)Nc3ccc(OC(C)C)cc3)ccn2)cc1. The maximum Gasteiger partial charge on any atom is 0.255 e. The molecule has 2 aromatic carbocycles. The van der Waals surface area contributed by atoms with Gasteiger partial charge in [0.25, 0.3) is 5.91 Å². The van der Waals surface area contributed by atoms with Crippen molar-refractivity contribution in [3.63, 3.8) is 0 Å². The number of amides is 1. The van der Waals surface area contributed by atoms with Crippen molar-refractivity contribution in [2.45, 2.75) is 26.9 Å². The highest BCUT2D eigenvalue weighted by atomic mass is 16.5. The van der Waals surface area contributed by atoms with Crippen LogP contribution in [0.4, 0.5) is 17.2 Å². The number of carbonyl (C=O) groups is 2. The molecule has 1 aromatic heterocycles. The highest BCUT2D eigenvalue weighted by molar-refractivity contribution is 6.04. The number of carbonyl (C=O) groups excluding carboxylic acids is 2. The van der Waals surface area contributed by atoms with Gasteiger partial charge in [-0.3, -0.25) is 9.59 Å². The van der Waals surface area contributed by atoms with Gasteiger partial charge in [0.05, 0.1) is 6.10 Å². The van der Waals surface area contributed by atoms with Crippen LogP contribution >= 0.6 is 0 Å². The van der Waals surface area contributed by atoms with Gasteiger partial charge in [0.2, 0.25) is 0 Å². The first kappa shape index (κ1) is 20.1. The second-order valence-corrected chi connectivity index (χ2v) is 6.83. The molecular formula is C23H23N3O3. The molecule has 148 valence electrons. The number of anilines is 3. The van der Waals surface area contributed by atoms with Crippen molar-refractivity contribution in [3.05, 3.63) is 78.0 Å². The van der Waals surface area contributed by atoms with Gasteiger partial charge >= 0.3 is 0 Å². The molecule has 2 N–H and O–H groups in total. The zero-order valence-corrected chi connectivity index (χ0v) is 16.6. The Labute approximate surface area is 169 Å². The van der Waals surface area contributed by atoms with Crippen LogP contribution in [0.25, 0.3) is 0 Å². The number of pyridine rings is 1. The first-order chi connectivity index (χ1) is 13.9. The van der Waals surface area contributed by atoms with Gasteiger partial charge in [0, 0.05) is 28.7 Å². The van der Waals surface area contributed by atoms with Crippen molar-refractivity contribution in [3.8, 4) is 5.75 Å². The predicted octanol–water partition coefficient (Wildman–Crippen LogP) is 5.07. The highest BCUT2D eigenvalue weighted by Gasteiger charge is 2.09. The van der Waals surface area contributed by atoms with Crippen LogP contribution in [0.3, 0.4) is 0 Å². The van der Waals surface area contributed by atoms with E-state index in [0.29, 0.717) is 22.6 Å². The number of ether oxygens (including phenoxy) is 1. The van der Waals surface area contributed by atoms with Crippen molar-refractivity contribution in [2.24, 2.45) is 0 Å². The summed E-state index contributed by atoms with van der Waals surface area (Å²) in [5.41, 5.74) is 2.57. The van der Waals surface area contributed by atoms with E-state index in [4.69, 9.17) is 4.74 Å². The molecule has 3 aromatic rings. The molecule has 0 radical (unpaired) electrons. The van der Waals surface area contributed by atoms with Gasteiger partial charge in [-0.05, 0) is 81.4 Å². The molecule has 0 unspecified atom stereocenters. The van der Waals surface area contributed by atoms with E-state index in [1.54, 1.807) is 54.7 Å². The first-order valence-corrected chi connectivity index (χ1v) is 9.33. The Morgan fingerprint density at radius 2 is 1.55 bits per heavy atom. The minimum Gasteiger partial charge on any atom is -0.491 e. The van der Waals surface area contributed by atoms with E-state index in [9.17, 15) is 9.59 Å². The molecule has 0 bridgehead atoms.